The van der Waals surface area contributed by atoms with E-state index in [-0.39, 0.29) is 16.2 Å². The van der Waals surface area contributed by atoms with Gasteiger partial charge in [0.15, 0.2) is 9.84 Å². The second kappa shape index (κ2) is 5.50. The molecule has 0 aliphatic carbocycles. The first kappa shape index (κ1) is 14.3. The van der Waals surface area contributed by atoms with Gasteiger partial charge in [0.05, 0.1) is 12.9 Å². The van der Waals surface area contributed by atoms with E-state index in [1.807, 2.05) is 0 Å². The number of sulfone groups is 1. The van der Waals surface area contributed by atoms with Crippen LogP contribution in [0.4, 0.5) is 10.1 Å². The van der Waals surface area contributed by atoms with E-state index in [9.17, 15) is 12.8 Å². The van der Waals surface area contributed by atoms with E-state index in [1.54, 1.807) is 6.07 Å². The van der Waals surface area contributed by atoms with Gasteiger partial charge in [0.25, 0.3) is 0 Å². The zero-order chi connectivity index (χ0) is 14.8. The van der Waals surface area contributed by atoms with E-state index < -0.39 is 21.4 Å². The van der Waals surface area contributed by atoms with Crippen molar-refractivity contribution < 1.29 is 17.5 Å². The van der Waals surface area contributed by atoms with E-state index in [4.69, 9.17) is 10.5 Å². The minimum atomic E-state index is -3.72. The van der Waals surface area contributed by atoms with Crippen LogP contribution in [0.1, 0.15) is 5.56 Å². The van der Waals surface area contributed by atoms with Gasteiger partial charge in [-0.05, 0) is 18.2 Å². The van der Waals surface area contributed by atoms with Crippen LogP contribution in [0.5, 0.6) is 5.75 Å². The first-order chi connectivity index (χ1) is 9.44. The van der Waals surface area contributed by atoms with Crippen LogP contribution < -0.4 is 10.5 Å². The van der Waals surface area contributed by atoms with Gasteiger partial charge in [0.2, 0.25) is 0 Å². The summed E-state index contributed by atoms with van der Waals surface area (Å²) >= 11 is 0. The van der Waals surface area contributed by atoms with Crippen LogP contribution in [0.2, 0.25) is 0 Å². The third-order valence-electron chi connectivity index (χ3n) is 2.83. The monoisotopic (exact) mass is 295 g/mol. The van der Waals surface area contributed by atoms with Crippen molar-refractivity contribution in [3.05, 3.63) is 53.8 Å². The molecule has 0 saturated carbocycles. The average Bonchev–Trinajstić information content (AvgIpc) is 2.40. The van der Waals surface area contributed by atoms with Crippen molar-refractivity contribution in [1.82, 2.24) is 0 Å². The maximum atomic E-state index is 13.6. The number of halogens is 1. The number of hydrogen-bond donors (Lipinski definition) is 1. The first-order valence-corrected chi connectivity index (χ1v) is 7.49. The van der Waals surface area contributed by atoms with Gasteiger partial charge in [0, 0.05) is 17.3 Å². The Labute approximate surface area is 116 Å². The Kier molecular flexibility index (Phi) is 3.94. The van der Waals surface area contributed by atoms with Crippen molar-refractivity contribution in [3.63, 3.8) is 0 Å². The summed E-state index contributed by atoms with van der Waals surface area (Å²) in [4.78, 5) is -0.00236. The quantitative estimate of drug-likeness (QED) is 0.879. The molecule has 6 heteroatoms. The summed E-state index contributed by atoms with van der Waals surface area (Å²) in [6.45, 7) is 0. The smallest absolute Gasteiger partial charge is 0.186 e. The van der Waals surface area contributed by atoms with Crippen molar-refractivity contribution in [1.29, 1.82) is 0 Å². The van der Waals surface area contributed by atoms with Crippen LogP contribution in [0, 0.1) is 5.82 Å². The van der Waals surface area contributed by atoms with Crippen LogP contribution in [0.15, 0.2) is 47.4 Å². The zero-order valence-corrected chi connectivity index (χ0v) is 11.7. The van der Waals surface area contributed by atoms with Crippen molar-refractivity contribution >= 4 is 15.5 Å². The summed E-state index contributed by atoms with van der Waals surface area (Å²) < 4.78 is 43.3. The molecule has 0 atom stereocenters. The predicted octanol–water partition coefficient (Wildman–Crippen LogP) is 2.39. The van der Waals surface area contributed by atoms with Crippen LogP contribution in [0.3, 0.4) is 0 Å². The van der Waals surface area contributed by atoms with Gasteiger partial charge in [-0.2, -0.15) is 0 Å². The molecule has 0 aliphatic heterocycles. The minimum absolute atomic E-state index is 0.00236. The number of ether oxygens (including phenoxy) is 1. The Morgan fingerprint density at radius 3 is 2.55 bits per heavy atom. The van der Waals surface area contributed by atoms with Gasteiger partial charge in [0.1, 0.15) is 16.5 Å². The van der Waals surface area contributed by atoms with Gasteiger partial charge in [-0.25, -0.2) is 12.8 Å². The second-order valence-electron chi connectivity index (χ2n) is 4.26. The molecule has 0 saturated heterocycles. The molecular weight excluding hydrogens is 281 g/mol. The number of methoxy groups -OCH3 is 1. The molecule has 0 spiro atoms. The summed E-state index contributed by atoms with van der Waals surface area (Å²) in [6.07, 6.45) is 0. The van der Waals surface area contributed by atoms with Gasteiger partial charge in [-0.3, -0.25) is 0 Å². The second-order valence-corrected chi connectivity index (χ2v) is 6.22. The Morgan fingerprint density at radius 1 is 1.20 bits per heavy atom. The topological polar surface area (TPSA) is 69.4 Å². The molecule has 2 rings (SSSR count). The number of nitrogen functional groups attached to an aromatic ring is 1. The Hall–Kier alpha value is -2.08. The highest BCUT2D eigenvalue weighted by atomic mass is 32.2. The highest BCUT2D eigenvalue weighted by Gasteiger charge is 2.21. The van der Waals surface area contributed by atoms with Crippen molar-refractivity contribution in [2.24, 2.45) is 0 Å². The largest absolute Gasteiger partial charge is 0.495 e. The highest BCUT2D eigenvalue weighted by molar-refractivity contribution is 7.90. The molecule has 4 nitrogen and oxygen atoms in total. The minimum Gasteiger partial charge on any atom is -0.495 e. The molecule has 2 aromatic rings. The number of nitrogens with two attached hydrogens (primary N) is 1. The van der Waals surface area contributed by atoms with Gasteiger partial charge >= 0.3 is 0 Å². The molecule has 2 N–H and O–H groups in total. The zero-order valence-electron chi connectivity index (χ0n) is 10.8. The molecule has 106 valence electrons. The Balaban J connectivity index is 2.44. The molecule has 0 amide bonds. The molecule has 0 fully saturated rings. The molecule has 0 bridgehead atoms. The van der Waals surface area contributed by atoms with E-state index in [1.165, 1.54) is 43.5 Å². The summed E-state index contributed by atoms with van der Waals surface area (Å²) in [5, 5.41) is 0. The summed E-state index contributed by atoms with van der Waals surface area (Å²) in [7, 11) is -2.36. The fourth-order valence-electron chi connectivity index (χ4n) is 1.84. The average molecular weight is 295 g/mol. The molecular formula is C14H14FNO3S. The van der Waals surface area contributed by atoms with E-state index in [2.05, 4.69) is 0 Å². The van der Waals surface area contributed by atoms with Crippen LogP contribution in [-0.4, -0.2) is 15.5 Å². The van der Waals surface area contributed by atoms with Crippen molar-refractivity contribution in [2.75, 3.05) is 12.8 Å². The van der Waals surface area contributed by atoms with Gasteiger partial charge in [-0.1, -0.05) is 18.2 Å². The van der Waals surface area contributed by atoms with Crippen LogP contribution >= 0.6 is 0 Å². The third-order valence-corrected chi connectivity index (χ3v) is 4.52. The highest BCUT2D eigenvalue weighted by Crippen LogP contribution is 2.29. The molecule has 0 unspecified atom stereocenters. The van der Waals surface area contributed by atoms with E-state index in [0.29, 0.717) is 5.69 Å². The SMILES string of the molecule is COc1cc(N)ccc1S(=O)(=O)Cc1ccccc1F. The molecule has 0 radical (unpaired) electrons. The molecule has 0 aliphatic rings. The lowest BCUT2D eigenvalue weighted by Crippen LogP contribution is -2.08. The van der Waals surface area contributed by atoms with E-state index in [0.717, 1.165) is 0 Å². The number of rotatable bonds is 4. The standard InChI is InChI=1S/C14H14FNO3S/c1-19-13-8-11(16)6-7-14(13)20(17,18)9-10-4-2-3-5-12(10)15/h2-8H,9,16H2,1H3. The maximum absolute atomic E-state index is 13.6. The lowest BCUT2D eigenvalue weighted by Gasteiger charge is -2.10. The lowest BCUT2D eigenvalue weighted by atomic mass is 10.2. The summed E-state index contributed by atoms with van der Waals surface area (Å²) in [5.74, 6) is -0.827. The molecule has 0 heterocycles. The number of anilines is 1. The first-order valence-electron chi connectivity index (χ1n) is 5.84. The van der Waals surface area contributed by atoms with Crippen LogP contribution in [0.25, 0.3) is 0 Å². The van der Waals surface area contributed by atoms with E-state index >= 15 is 0 Å². The summed E-state index contributed by atoms with van der Waals surface area (Å²) in [6, 6.07) is 10.0. The van der Waals surface area contributed by atoms with Gasteiger partial charge < -0.3 is 10.5 Å². The molecule has 2 aromatic carbocycles. The van der Waals surface area contributed by atoms with Crippen molar-refractivity contribution in [3.8, 4) is 5.75 Å². The predicted molar refractivity (Wildman–Crippen MR) is 74.7 cm³/mol. The maximum Gasteiger partial charge on any atom is 0.186 e. The van der Waals surface area contributed by atoms with Gasteiger partial charge in [-0.15, -0.1) is 0 Å². The fourth-order valence-corrected chi connectivity index (χ4v) is 3.36. The molecule has 20 heavy (non-hydrogen) atoms. The fraction of sp³-hybridized carbons (Fsp3) is 0.143. The van der Waals surface area contributed by atoms with Crippen molar-refractivity contribution in [2.45, 2.75) is 10.6 Å². The molecule has 0 aromatic heterocycles. The normalized spacial score (nSPS) is 11.3. The summed E-state index contributed by atoms with van der Waals surface area (Å²) in [5.41, 5.74) is 6.10. The number of hydrogen-bond acceptors (Lipinski definition) is 4. The Bertz CT molecular complexity index is 729. The third kappa shape index (κ3) is 2.91. The number of benzene rings is 2. The Morgan fingerprint density at radius 2 is 1.90 bits per heavy atom. The lowest BCUT2D eigenvalue weighted by molar-refractivity contribution is 0.403. The van der Waals surface area contributed by atoms with Crippen LogP contribution in [-0.2, 0) is 15.6 Å².